The number of hydrogen-bond acceptors (Lipinski definition) is 4. The minimum absolute atomic E-state index is 0.308. The van der Waals surface area contributed by atoms with Crippen molar-refractivity contribution in [3.8, 4) is 11.4 Å². The molecule has 2 aromatic carbocycles. The van der Waals surface area contributed by atoms with Gasteiger partial charge in [-0.25, -0.2) is 9.69 Å². The van der Waals surface area contributed by atoms with Gasteiger partial charge in [0.15, 0.2) is 0 Å². The first-order valence-corrected chi connectivity index (χ1v) is 8.96. The predicted octanol–water partition coefficient (Wildman–Crippen LogP) is 5.55. The van der Waals surface area contributed by atoms with Gasteiger partial charge in [-0.05, 0) is 42.5 Å². The second-order valence-electron chi connectivity index (χ2n) is 6.13. The molecule has 148 valence electrons. The summed E-state index contributed by atoms with van der Waals surface area (Å²) in [5.74, 6) is -0.308. The molecule has 5 nitrogen and oxygen atoms in total. The van der Waals surface area contributed by atoms with Crippen LogP contribution in [0.25, 0.3) is 5.69 Å². The number of hydrazone groups is 1. The molecule has 0 amide bonds. The Morgan fingerprint density at radius 2 is 1.79 bits per heavy atom. The molecular formula is C20H14ClF3N4O. The fraction of sp³-hybridized carbons (Fsp3) is 0.100. The SMILES string of the molecule is FC(F)(F)Oc1cccc(N2C=CCC(c3ccnn3-c3ccc(Cl)cc3)=N2)c1. The lowest BCUT2D eigenvalue weighted by Crippen LogP contribution is -2.20. The summed E-state index contributed by atoms with van der Waals surface area (Å²) >= 11 is 5.95. The van der Waals surface area contributed by atoms with Gasteiger partial charge < -0.3 is 4.74 Å². The van der Waals surface area contributed by atoms with E-state index in [4.69, 9.17) is 11.6 Å². The molecule has 0 radical (unpaired) electrons. The average molecular weight is 419 g/mol. The molecule has 9 heteroatoms. The third kappa shape index (κ3) is 4.43. The van der Waals surface area contributed by atoms with Crippen LogP contribution < -0.4 is 9.75 Å². The van der Waals surface area contributed by atoms with E-state index >= 15 is 0 Å². The molecule has 4 rings (SSSR count). The van der Waals surface area contributed by atoms with E-state index in [-0.39, 0.29) is 5.75 Å². The van der Waals surface area contributed by atoms with Gasteiger partial charge >= 0.3 is 6.36 Å². The summed E-state index contributed by atoms with van der Waals surface area (Å²) in [5, 5.41) is 11.0. The largest absolute Gasteiger partial charge is 0.573 e. The number of rotatable bonds is 4. The van der Waals surface area contributed by atoms with Crippen LogP contribution in [0.2, 0.25) is 5.02 Å². The molecule has 0 unspecified atom stereocenters. The highest BCUT2D eigenvalue weighted by Crippen LogP contribution is 2.28. The summed E-state index contributed by atoms with van der Waals surface area (Å²) in [6, 6.07) is 14.7. The molecule has 3 aromatic rings. The highest BCUT2D eigenvalue weighted by atomic mass is 35.5. The summed E-state index contributed by atoms with van der Waals surface area (Å²) in [4.78, 5) is 0. The molecule has 0 aliphatic carbocycles. The zero-order chi connectivity index (χ0) is 20.4. The highest BCUT2D eigenvalue weighted by Gasteiger charge is 2.31. The first kappa shape index (κ1) is 19.1. The Kier molecular flexibility index (Phi) is 5.02. The normalized spacial score (nSPS) is 14.1. The number of benzene rings is 2. The van der Waals surface area contributed by atoms with Crippen LogP contribution in [0.4, 0.5) is 18.9 Å². The van der Waals surface area contributed by atoms with Crippen LogP contribution in [0.5, 0.6) is 5.75 Å². The smallest absolute Gasteiger partial charge is 0.406 e. The van der Waals surface area contributed by atoms with Crippen LogP contribution in [0, 0.1) is 0 Å². The van der Waals surface area contributed by atoms with Crippen LogP contribution in [-0.4, -0.2) is 21.9 Å². The zero-order valence-corrected chi connectivity index (χ0v) is 15.6. The van der Waals surface area contributed by atoms with E-state index in [2.05, 4.69) is 14.9 Å². The number of ether oxygens (including phenoxy) is 1. The monoisotopic (exact) mass is 418 g/mol. The van der Waals surface area contributed by atoms with E-state index in [0.717, 1.165) is 11.4 Å². The lowest BCUT2D eigenvalue weighted by molar-refractivity contribution is -0.274. The van der Waals surface area contributed by atoms with Crippen molar-refractivity contribution in [1.82, 2.24) is 9.78 Å². The molecule has 1 aliphatic heterocycles. The van der Waals surface area contributed by atoms with Crippen molar-refractivity contribution in [2.75, 3.05) is 5.01 Å². The van der Waals surface area contributed by atoms with Gasteiger partial charge in [0.25, 0.3) is 0 Å². The summed E-state index contributed by atoms with van der Waals surface area (Å²) in [6.07, 6.45) is 1.02. The third-order valence-electron chi connectivity index (χ3n) is 4.11. The summed E-state index contributed by atoms with van der Waals surface area (Å²) in [7, 11) is 0. The number of aromatic nitrogens is 2. The Bertz CT molecular complexity index is 1070. The summed E-state index contributed by atoms with van der Waals surface area (Å²) < 4.78 is 43.2. The van der Waals surface area contributed by atoms with Crippen molar-refractivity contribution in [1.29, 1.82) is 0 Å². The molecule has 0 bridgehead atoms. The third-order valence-corrected chi connectivity index (χ3v) is 4.36. The second kappa shape index (κ2) is 7.63. The van der Waals surface area contributed by atoms with Gasteiger partial charge in [0.05, 0.1) is 29.0 Å². The van der Waals surface area contributed by atoms with Crippen LogP contribution in [0.3, 0.4) is 0 Å². The lowest BCUT2D eigenvalue weighted by Gasteiger charge is -2.21. The molecule has 0 saturated heterocycles. The Hall–Kier alpha value is -3.26. The van der Waals surface area contributed by atoms with Crippen molar-refractivity contribution < 1.29 is 17.9 Å². The second-order valence-corrected chi connectivity index (χ2v) is 6.57. The maximum atomic E-state index is 12.5. The first-order chi connectivity index (χ1) is 13.9. The first-order valence-electron chi connectivity index (χ1n) is 8.58. The number of hydrogen-bond donors (Lipinski definition) is 0. The zero-order valence-electron chi connectivity index (χ0n) is 14.8. The van der Waals surface area contributed by atoms with E-state index in [1.807, 2.05) is 24.3 Å². The number of nitrogens with zero attached hydrogens (tertiary/aromatic N) is 4. The van der Waals surface area contributed by atoms with Crippen molar-refractivity contribution in [3.63, 3.8) is 0 Å². The Labute approximate surface area is 169 Å². The van der Waals surface area contributed by atoms with Crippen LogP contribution in [0.15, 0.2) is 78.2 Å². The highest BCUT2D eigenvalue weighted by molar-refractivity contribution is 6.30. The molecule has 0 fully saturated rings. The molecule has 1 aromatic heterocycles. The summed E-state index contributed by atoms with van der Waals surface area (Å²) in [6.45, 7) is 0. The van der Waals surface area contributed by atoms with Crippen LogP contribution in [0.1, 0.15) is 12.1 Å². The molecule has 1 aliphatic rings. The number of anilines is 1. The Morgan fingerprint density at radius 3 is 2.55 bits per heavy atom. The average Bonchev–Trinajstić information content (AvgIpc) is 3.17. The topological polar surface area (TPSA) is 42.6 Å². The van der Waals surface area contributed by atoms with E-state index in [0.29, 0.717) is 22.8 Å². The van der Waals surface area contributed by atoms with Crippen molar-refractivity contribution in [3.05, 3.63) is 83.8 Å². The van der Waals surface area contributed by atoms with Gasteiger partial charge in [-0.15, -0.1) is 13.2 Å². The minimum atomic E-state index is -4.75. The van der Waals surface area contributed by atoms with E-state index in [1.165, 1.54) is 23.2 Å². The van der Waals surface area contributed by atoms with Gasteiger partial charge in [0.1, 0.15) is 5.75 Å². The van der Waals surface area contributed by atoms with Gasteiger partial charge in [0, 0.05) is 23.7 Å². The van der Waals surface area contributed by atoms with Gasteiger partial charge in [-0.3, -0.25) is 0 Å². The van der Waals surface area contributed by atoms with Crippen LogP contribution >= 0.6 is 11.6 Å². The fourth-order valence-corrected chi connectivity index (χ4v) is 3.03. The molecule has 2 heterocycles. The maximum absolute atomic E-state index is 12.5. The molecular weight excluding hydrogens is 405 g/mol. The molecule has 0 atom stereocenters. The molecule has 0 saturated carbocycles. The number of allylic oxidation sites excluding steroid dienone is 1. The van der Waals surface area contributed by atoms with E-state index < -0.39 is 6.36 Å². The van der Waals surface area contributed by atoms with E-state index in [9.17, 15) is 13.2 Å². The molecule has 29 heavy (non-hydrogen) atoms. The lowest BCUT2D eigenvalue weighted by atomic mass is 10.1. The van der Waals surface area contributed by atoms with E-state index in [1.54, 1.807) is 35.3 Å². The summed E-state index contributed by atoms with van der Waals surface area (Å²) in [5.41, 5.74) is 2.74. The quantitative estimate of drug-likeness (QED) is 0.557. The van der Waals surface area contributed by atoms with Crippen molar-refractivity contribution in [2.45, 2.75) is 12.8 Å². The van der Waals surface area contributed by atoms with Gasteiger partial charge in [-0.1, -0.05) is 23.7 Å². The Morgan fingerprint density at radius 1 is 1.00 bits per heavy atom. The van der Waals surface area contributed by atoms with Crippen molar-refractivity contribution >= 4 is 23.0 Å². The molecule has 0 spiro atoms. The van der Waals surface area contributed by atoms with Crippen molar-refractivity contribution in [2.24, 2.45) is 5.10 Å². The van der Waals surface area contributed by atoms with Crippen LogP contribution in [-0.2, 0) is 0 Å². The number of halogens is 4. The Balaban J connectivity index is 1.64. The fourth-order valence-electron chi connectivity index (χ4n) is 2.90. The standard InChI is InChI=1S/C20H14ClF3N4O/c21-14-6-8-15(9-7-14)28-19(10-11-25-28)18-5-2-12-27(26-18)16-3-1-4-17(13-16)29-20(22,23)24/h1-4,6-13H,5H2. The number of alkyl halides is 3. The minimum Gasteiger partial charge on any atom is -0.406 e. The molecule has 0 N–H and O–H groups in total. The van der Waals surface area contributed by atoms with Gasteiger partial charge in [0.2, 0.25) is 0 Å². The maximum Gasteiger partial charge on any atom is 0.573 e. The van der Waals surface area contributed by atoms with Gasteiger partial charge in [-0.2, -0.15) is 10.2 Å². The predicted molar refractivity (Wildman–Crippen MR) is 104 cm³/mol.